The molecule has 0 bridgehead atoms. The van der Waals surface area contributed by atoms with Gasteiger partial charge in [0, 0.05) is 20.8 Å². The van der Waals surface area contributed by atoms with Crippen LogP contribution in [-0.4, -0.2) is 5.78 Å². The largest absolute Gasteiger partial charge is 0.294 e. The zero-order chi connectivity index (χ0) is 20.7. The normalized spacial score (nSPS) is 45.0. The van der Waals surface area contributed by atoms with Gasteiger partial charge in [0.2, 0.25) is 0 Å². The number of benzene rings is 1. The molecule has 4 saturated carbocycles. The molecular weight excluding hydrogens is 404 g/mol. The number of aryl methyl sites for hydroxylation is 1. The van der Waals surface area contributed by atoms with Crippen LogP contribution in [0.5, 0.6) is 0 Å². The molecular formula is C27H34OS2. The van der Waals surface area contributed by atoms with Crippen molar-refractivity contribution in [2.45, 2.75) is 88.3 Å². The molecule has 0 radical (unpaired) electrons. The van der Waals surface area contributed by atoms with Crippen LogP contribution in [0.1, 0.15) is 77.2 Å². The first kappa shape index (κ1) is 20.0. The lowest BCUT2D eigenvalue weighted by Gasteiger charge is -2.59. The van der Waals surface area contributed by atoms with Gasteiger partial charge in [-0.25, -0.2) is 0 Å². The lowest BCUT2D eigenvalue weighted by atomic mass is 9.45. The highest BCUT2D eigenvalue weighted by Crippen LogP contribution is 2.67. The monoisotopic (exact) mass is 438 g/mol. The molecule has 0 amide bonds. The summed E-state index contributed by atoms with van der Waals surface area (Å²) < 4.78 is 1.30. The van der Waals surface area contributed by atoms with Gasteiger partial charge in [0.15, 0.2) is 5.78 Å². The molecule has 1 nitrogen and oxygen atoms in total. The van der Waals surface area contributed by atoms with E-state index in [1.165, 1.54) is 70.1 Å². The van der Waals surface area contributed by atoms with E-state index < -0.39 is 0 Å². The van der Waals surface area contributed by atoms with Crippen LogP contribution >= 0.6 is 23.5 Å². The van der Waals surface area contributed by atoms with Crippen LogP contribution in [0.4, 0.5) is 0 Å². The van der Waals surface area contributed by atoms with Crippen LogP contribution in [0.15, 0.2) is 37.8 Å². The fraction of sp³-hybridized carbons (Fsp3) is 0.667. The summed E-state index contributed by atoms with van der Waals surface area (Å²) in [6, 6.07) is 6.73. The van der Waals surface area contributed by atoms with E-state index in [9.17, 15) is 4.79 Å². The zero-order valence-corrected chi connectivity index (χ0v) is 20.3. The van der Waals surface area contributed by atoms with Gasteiger partial charge in [-0.15, -0.1) is 0 Å². The molecule has 1 heterocycles. The van der Waals surface area contributed by atoms with Gasteiger partial charge < -0.3 is 0 Å². The number of hydrogen-bond donors (Lipinski definition) is 0. The molecule has 30 heavy (non-hydrogen) atoms. The molecule has 160 valence electrons. The molecule has 6 atom stereocenters. The first-order chi connectivity index (χ1) is 14.4. The maximum atomic E-state index is 13.8. The smallest absolute Gasteiger partial charge is 0.166 e. The average Bonchev–Trinajstić information content (AvgIpc) is 3.25. The number of hydrogen-bond acceptors (Lipinski definition) is 3. The summed E-state index contributed by atoms with van der Waals surface area (Å²) in [5.41, 5.74) is 2.94. The molecule has 5 aliphatic rings. The molecule has 6 rings (SSSR count). The van der Waals surface area contributed by atoms with Crippen LogP contribution in [0, 0.1) is 41.4 Å². The van der Waals surface area contributed by atoms with Gasteiger partial charge in [0.05, 0.1) is 4.24 Å². The van der Waals surface area contributed by atoms with Crippen molar-refractivity contribution in [1.82, 2.24) is 0 Å². The van der Waals surface area contributed by atoms with Crippen molar-refractivity contribution in [2.75, 3.05) is 0 Å². The quantitative estimate of drug-likeness (QED) is 0.382. The zero-order valence-electron chi connectivity index (χ0n) is 18.6. The number of rotatable bonds is 0. The number of carbonyl (C=O) groups is 1. The van der Waals surface area contributed by atoms with Crippen molar-refractivity contribution in [3.8, 4) is 0 Å². The molecule has 3 heteroatoms. The van der Waals surface area contributed by atoms with Crippen molar-refractivity contribution in [2.24, 2.45) is 34.5 Å². The van der Waals surface area contributed by atoms with Crippen LogP contribution in [0.25, 0.3) is 0 Å². The Balaban J connectivity index is 1.33. The minimum Gasteiger partial charge on any atom is -0.294 e. The van der Waals surface area contributed by atoms with E-state index in [0.29, 0.717) is 17.1 Å². The van der Waals surface area contributed by atoms with Gasteiger partial charge >= 0.3 is 0 Å². The molecule has 0 N–H and O–H groups in total. The van der Waals surface area contributed by atoms with Crippen molar-refractivity contribution < 1.29 is 4.79 Å². The number of ketones is 1. The number of Topliss-reactive ketones (excluding diaryl/α,β-unsaturated/α-hetero) is 1. The Morgan fingerprint density at radius 1 is 0.933 bits per heavy atom. The maximum absolute atomic E-state index is 13.8. The molecule has 0 aromatic heterocycles. The van der Waals surface area contributed by atoms with E-state index in [-0.39, 0.29) is 5.41 Å². The summed E-state index contributed by atoms with van der Waals surface area (Å²) in [5.74, 6) is 3.66. The summed E-state index contributed by atoms with van der Waals surface area (Å²) in [4.78, 5) is 16.5. The van der Waals surface area contributed by atoms with E-state index in [1.54, 1.807) is 0 Å². The number of thioether (sulfide) groups is 2. The molecule has 0 spiro atoms. The summed E-state index contributed by atoms with van der Waals surface area (Å²) in [6.45, 7) is 7.13. The van der Waals surface area contributed by atoms with Gasteiger partial charge in [-0.3, -0.25) is 4.79 Å². The molecule has 1 aromatic rings. The lowest BCUT2D eigenvalue weighted by molar-refractivity contribution is -0.137. The molecule has 1 aromatic carbocycles. The molecule has 4 unspecified atom stereocenters. The van der Waals surface area contributed by atoms with Crippen molar-refractivity contribution in [1.29, 1.82) is 0 Å². The fourth-order valence-electron chi connectivity index (χ4n) is 8.23. The number of fused-ring (bicyclic) bond motifs is 6. The Bertz CT molecular complexity index is 948. The summed E-state index contributed by atoms with van der Waals surface area (Å²) in [6.07, 6.45) is 12.0. The highest BCUT2D eigenvalue weighted by Gasteiger charge is 2.61. The maximum Gasteiger partial charge on any atom is 0.166 e. The first-order valence-corrected chi connectivity index (χ1v) is 13.8. The van der Waals surface area contributed by atoms with Gasteiger partial charge in [-0.05, 0) is 98.7 Å². The van der Waals surface area contributed by atoms with E-state index >= 15 is 0 Å². The first-order valence-electron chi connectivity index (χ1n) is 12.1. The molecule has 1 aliphatic heterocycles. The topological polar surface area (TPSA) is 17.1 Å². The Morgan fingerprint density at radius 2 is 1.77 bits per heavy atom. The Kier molecular flexibility index (Phi) is 4.60. The van der Waals surface area contributed by atoms with Gasteiger partial charge in [-0.2, -0.15) is 0 Å². The number of carbonyl (C=O) groups excluding carboxylic acids is 1. The van der Waals surface area contributed by atoms with Crippen LogP contribution in [0.2, 0.25) is 0 Å². The minimum absolute atomic E-state index is 0.104. The van der Waals surface area contributed by atoms with Crippen LogP contribution in [-0.2, 0) is 4.79 Å². The van der Waals surface area contributed by atoms with E-state index in [4.69, 9.17) is 0 Å². The minimum atomic E-state index is -0.104. The summed E-state index contributed by atoms with van der Waals surface area (Å²) in [7, 11) is 0. The summed E-state index contributed by atoms with van der Waals surface area (Å²) in [5, 5.41) is 0. The van der Waals surface area contributed by atoms with Crippen LogP contribution in [0.3, 0.4) is 0 Å². The highest BCUT2D eigenvalue weighted by atomic mass is 32.2. The SMILES string of the molecule is Cc1ccc2c(c1)S/C(=C1\CC3C4CCC5CCCC[C@@]5(C)C4CC[C@@]3(C)C1=O)S2. The predicted octanol–water partition coefficient (Wildman–Crippen LogP) is 8.02. The second kappa shape index (κ2) is 6.91. The predicted molar refractivity (Wildman–Crippen MR) is 127 cm³/mol. The van der Waals surface area contributed by atoms with Crippen molar-refractivity contribution in [3.63, 3.8) is 0 Å². The second-order valence-corrected chi connectivity index (χ2v) is 13.7. The molecule has 4 aliphatic carbocycles. The standard InChI is InChI=1S/C27H34OS2/c1-16-7-10-22-23(14-16)30-25(29-22)19-15-21-18-9-8-17-6-4-5-12-26(17,2)20(18)11-13-27(21,3)24(19)28/h7,10,14,17-18,20-21H,4-6,8-9,11-13,15H2,1-3H3/b25-19+/t17?,18?,20?,21?,26-,27-/m1/s1. The van der Waals surface area contributed by atoms with Gasteiger partial charge in [0.25, 0.3) is 0 Å². The lowest BCUT2D eigenvalue weighted by Crippen LogP contribution is -2.52. The summed E-state index contributed by atoms with van der Waals surface area (Å²) >= 11 is 3.72. The van der Waals surface area contributed by atoms with Gasteiger partial charge in [-0.1, -0.05) is 56.3 Å². The second-order valence-electron chi connectivity index (χ2n) is 11.3. The van der Waals surface area contributed by atoms with E-state index in [2.05, 4.69) is 39.0 Å². The Hall–Kier alpha value is -0.670. The van der Waals surface area contributed by atoms with Crippen molar-refractivity contribution >= 4 is 29.3 Å². The Labute approximate surface area is 190 Å². The average molecular weight is 439 g/mol. The third-order valence-corrected chi connectivity index (χ3v) is 12.6. The molecule has 4 fully saturated rings. The van der Waals surface area contributed by atoms with Crippen molar-refractivity contribution in [3.05, 3.63) is 33.6 Å². The van der Waals surface area contributed by atoms with E-state index in [1.807, 2.05) is 23.5 Å². The fourth-order valence-corrected chi connectivity index (χ4v) is 10.9. The van der Waals surface area contributed by atoms with Crippen LogP contribution < -0.4 is 0 Å². The van der Waals surface area contributed by atoms with E-state index in [0.717, 1.165) is 30.6 Å². The third kappa shape index (κ3) is 2.73. The van der Waals surface area contributed by atoms with Gasteiger partial charge in [0.1, 0.15) is 0 Å². The highest BCUT2D eigenvalue weighted by molar-refractivity contribution is 8.24. The third-order valence-electron chi connectivity index (χ3n) is 9.94. The number of allylic oxidation sites excluding steroid dienone is 1. The Morgan fingerprint density at radius 3 is 2.63 bits per heavy atom. The molecule has 0 saturated heterocycles.